The van der Waals surface area contributed by atoms with Crippen LogP contribution in [0, 0.1) is 6.92 Å². The highest BCUT2D eigenvalue weighted by atomic mass is 15.0. The van der Waals surface area contributed by atoms with Crippen molar-refractivity contribution in [2.24, 2.45) is 7.05 Å². The van der Waals surface area contributed by atoms with Crippen molar-refractivity contribution in [3.63, 3.8) is 0 Å². The molecule has 2 rings (SSSR count). The zero-order valence-corrected chi connectivity index (χ0v) is 7.57. The minimum Gasteiger partial charge on any atom is -0.337 e. The van der Waals surface area contributed by atoms with Crippen LogP contribution in [0.1, 0.15) is 5.82 Å². The average Bonchev–Trinajstić information content (AvgIpc) is 2.49. The third kappa shape index (κ3) is 1.47. The summed E-state index contributed by atoms with van der Waals surface area (Å²) in [4.78, 5) is 4.33. The Bertz CT molecular complexity index is 382. The van der Waals surface area contributed by atoms with Gasteiger partial charge >= 0.3 is 0 Å². The van der Waals surface area contributed by atoms with E-state index >= 15 is 0 Å². The van der Waals surface area contributed by atoms with Crippen LogP contribution in [0.3, 0.4) is 0 Å². The van der Waals surface area contributed by atoms with E-state index in [1.165, 1.54) is 0 Å². The highest BCUT2D eigenvalue weighted by Gasteiger charge is 2.01. The van der Waals surface area contributed by atoms with Gasteiger partial charge in [0.05, 0.1) is 5.69 Å². The maximum Gasteiger partial charge on any atom is 0.109 e. The molecule has 1 heterocycles. The van der Waals surface area contributed by atoms with Gasteiger partial charge in [-0.05, 0) is 0 Å². The molecule has 0 fully saturated rings. The number of imidazole rings is 1. The van der Waals surface area contributed by atoms with Crippen LogP contribution in [-0.2, 0) is 7.05 Å². The third-order valence-corrected chi connectivity index (χ3v) is 2.04. The summed E-state index contributed by atoms with van der Waals surface area (Å²) in [5.74, 6) is 0.791. The molecule has 1 aromatic carbocycles. The van der Waals surface area contributed by atoms with Crippen LogP contribution in [0.15, 0.2) is 36.5 Å². The quantitative estimate of drug-likeness (QED) is 0.643. The molecule has 0 saturated heterocycles. The molecule has 0 aliphatic heterocycles. The van der Waals surface area contributed by atoms with Gasteiger partial charge in [0.15, 0.2) is 0 Å². The van der Waals surface area contributed by atoms with Gasteiger partial charge in [-0.2, -0.15) is 0 Å². The van der Waals surface area contributed by atoms with Gasteiger partial charge in [0, 0.05) is 25.7 Å². The first-order valence-electron chi connectivity index (χ1n) is 4.18. The lowest BCUT2D eigenvalue weighted by Gasteiger charge is -1.92. The molecule has 0 amide bonds. The summed E-state index contributed by atoms with van der Waals surface area (Å²) >= 11 is 0. The number of benzene rings is 1. The second-order valence-corrected chi connectivity index (χ2v) is 3.02. The van der Waals surface area contributed by atoms with Gasteiger partial charge in [-0.1, -0.05) is 30.3 Å². The molecule has 13 heavy (non-hydrogen) atoms. The molecule has 0 aliphatic carbocycles. The van der Waals surface area contributed by atoms with E-state index in [-0.39, 0.29) is 0 Å². The number of aromatic nitrogens is 2. The van der Waals surface area contributed by atoms with Crippen molar-refractivity contribution in [2.75, 3.05) is 0 Å². The van der Waals surface area contributed by atoms with E-state index in [0.717, 1.165) is 17.1 Å². The predicted molar refractivity (Wildman–Crippen MR) is 53.1 cm³/mol. The molecule has 0 saturated carbocycles. The Morgan fingerprint density at radius 1 is 1.23 bits per heavy atom. The highest BCUT2D eigenvalue weighted by molar-refractivity contribution is 5.58. The number of nitrogens with zero attached hydrogens (tertiary/aromatic N) is 2. The van der Waals surface area contributed by atoms with Crippen LogP contribution in [0.25, 0.3) is 11.3 Å². The van der Waals surface area contributed by atoms with Crippen LogP contribution in [0.5, 0.6) is 0 Å². The monoisotopic (exact) mass is 171 g/mol. The molecule has 0 aliphatic rings. The summed E-state index contributed by atoms with van der Waals surface area (Å²) in [6, 6.07) is 10.1. The molecule has 1 aromatic heterocycles. The Labute approximate surface area is 77.9 Å². The van der Waals surface area contributed by atoms with E-state index in [0.29, 0.717) is 0 Å². The molecule has 65 valence electrons. The summed E-state index contributed by atoms with van der Waals surface area (Å²) in [5, 5.41) is 0. The molecule has 0 N–H and O–H groups in total. The Morgan fingerprint density at radius 3 is 2.46 bits per heavy atom. The molecule has 0 spiro atoms. The Hall–Kier alpha value is -1.57. The Morgan fingerprint density at radius 2 is 1.92 bits per heavy atom. The zero-order valence-electron chi connectivity index (χ0n) is 7.57. The van der Waals surface area contributed by atoms with Gasteiger partial charge in [0.2, 0.25) is 0 Å². The summed E-state index contributed by atoms with van der Waals surface area (Å²) in [5.41, 5.74) is 2.11. The lowest BCUT2D eigenvalue weighted by molar-refractivity contribution is 0.885. The maximum absolute atomic E-state index is 4.33. The summed E-state index contributed by atoms with van der Waals surface area (Å²) in [7, 11) is 1.95. The van der Waals surface area contributed by atoms with Gasteiger partial charge in [-0.15, -0.1) is 0 Å². The normalized spacial score (nSPS) is 10.3. The van der Waals surface area contributed by atoms with E-state index in [4.69, 9.17) is 0 Å². The molecular formula is C11H11N2. The second-order valence-electron chi connectivity index (χ2n) is 3.02. The van der Waals surface area contributed by atoms with Gasteiger partial charge < -0.3 is 4.57 Å². The second kappa shape index (κ2) is 3.05. The van der Waals surface area contributed by atoms with Crippen LogP contribution in [-0.4, -0.2) is 9.55 Å². The van der Waals surface area contributed by atoms with E-state index in [9.17, 15) is 0 Å². The number of aryl methyl sites for hydroxylation is 1. The predicted octanol–water partition coefficient (Wildman–Crippen LogP) is 2.27. The van der Waals surface area contributed by atoms with E-state index in [2.05, 4.69) is 11.9 Å². The summed E-state index contributed by atoms with van der Waals surface area (Å²) in [6.07, 6.45) is 1.98. The van der Waals surface area contributed by atoms with Crippen molar-refractivity contribution in [1.82, 2.24) is 9.55 Å². The van der Waals surface area contributed by atoms with Gasteiger partial charge in [-0.3, -0.25) is 0 Å². The minimum atomic E-state index is 0.791. The molecule has 1 radical (unpaired) electrons. The van der Waals surface area contributed by atoms with E-state index in [1.807, 2.05) is 48.1 Å². The topological polar surface area (TPSA) is 17.8 Å². The van der Waals surface area contributed by atoms with E-state index < -0.39 is 0 Å². The lowest BCUT2D eigenvalue weighted by Crippen LogP contribution is -1.86. The van der Waals surface area contributed by atoms with Gasteiger partial charge in [0.1, 0.15) is 5.82 Å². The van der Waals surface area contributed by atoms with Crippen molar-refractivity contribution < 1.29 is 0 Å². The number of rotatable bonds is 1. The number of hydrogen-bond donors (Lipinski definition) is 0. The van der Waals surface area contributed by atoms with Crippen molar-refractivity contribution in [2.45, 2.75) is 0 Å². The van der Waals surface area contributed by atoms with Crippen molar-refractivity contribution in [3.05, 3.63) is 49.3 Å². The van der Waals surface area contributed by atoms with Crippen LogP contribution < -0.4 is 0 Å². The van der Waals surface area contributed by atoms with Crippen molar-refractivity contribution >= 4 is 0 Å². The van der Waals surface area contributed by atoms with Crippen LogP contribution in [0.4, 0.5) is 0 Å². The molecule has 0 bridgehead atoms. The fraction of sp³-hybridized carbons (Fsp3) is 0.0909. The molecule has 2 heteroatoms. The summed E-state index contributed by atoms with van der Waals surface area (Å²) in [6.45, 7) is 3.82. The van der Waals surface area contributed by atoms with Crippen LogP contribution >= 0.6 is 0 Å². The highest BCUT2D eigenvalue weighted by Crippen LogP contribution is 2.16. The molecule has 0 unspecified atom stereocenters. The SMILES string of the molecule is [CH2]c1nc(-c2ccccc2)cn1C. The zero-order chi connectivity index (χ0) is 9.26. The van der Waals surface area contributed by atoms with Gasteiger partial charge in [-0.25, -0.2) is 4.98 Å². The van der Waals surface area contributed by atoms with Crippen molar-refractivity contribution in [1.29, 1.82) is 0 Å². The minimum absolute atomic E-state index is 0.791. The fourth-order valence-corrected chi connectivity index (χ4v) is 1.25. The first kappa shape index (κ1) is 8.05. The first-order chi connectivity index (χ1) is 6.27. The molecular weight excluding hydrogens is 160 g/mol. The average molecular weight is 171 g/mol. The molecule has 2 aromatic rings. The summed E-state index contributed by atoms with van der Waals surface area (Å²) < 4.78 is 1.92. The largest absolute Gasteiger partial charge is 0.337 e. The lowest BCUT2D eigenvalue weighted by atomic mass is 10.2. The Kier molecular flexibility index (Phi) is 1.89. The maximum atomic E-state index is 4.33. The molecule has 2 nitrogen and oxygen atoms in total. The van der Waals surface area contributed by atoms with Gasteiger partial charge in [0.25, 0.3) is 0 Å². The van der Waals surface area contributed by atoms with Crippen LogP contribution in [0.2, 0.25) is 0 Å². The third-order valence-electron chi connectivity index (χ3n) is 2.04. The number of hydrogen-bond acceptors (Lipinski definition) is 1. The smallest absolute Gasteiger partial charge is 0.109 e. The van der Waals surface area contributed by atoms with Crippen molar-refractivity contribution in [3.8, 4) is 11.3 Å². The van der Waals surface area contributed by atoms with E-state index in [1.54, 1.807) is 0 Å². The standard InChI is InChI=1S/C11H11N2/c1-9-12-11(8-13(9)2)10-6-4-3-5-7-10/h3-8H,1H2,2H3. The Balaban J connectivity index is 2.48. The first-order valence-corrected chi connectivity index (χ1v) is 4.18. The fourth-order valence-electron chi connectivity index (χ4n) is 1.25. The molecule has 0 atom stereocenters.